The second-order valence-electron chi connectivity index (χ2n) is 6.43. The number of nitrogens with zero attached hydrogens (tertiary/aromatic N) is 4. The Kier molecular flexibility index (Phi) is 6.84. The summed E-state index contributed by atoms with van der Waals surface area (Å²) in [5.74, 6) is -0.0602. The van der Waals surface area contributed by atoms with E-state index < -0.39 is 4.92 Å². The highest BCUT2D eigenvalue weighted by atomic mass is 32.1. The molecule has 0 saturated heterocycles. The Hall–Kier alpha value is -2.55. The number of thiazole rings is 1. The summed E-state index contributed by atoms with van der Waals surface area (Å²) >= 11 is 0.828. The Bertz CT molecular complexity index is 877. The van der Waals surface area contributed by atoms with E-state index in [4.69, 9.17) is 0 Å². The smallest absolute Gasteiger partial charge is 0.348 e. The van der Waals surface area contributed by atoms with E-state index in [0.717, 1.165) is 42.6 Å². The molecule has 9 heteroatoms. The number of aromatic hydroxyl groups is 2. The van der Waals surface area contributed by atoms with Crippen molar-refractivity contribution in [1.29, 1.82) is 0 Å². The standard InChI is InChI=1S/C18H24N4O4S/c1-5-6-7-8-9-13-10(2)14(16(24)11(3)15(13)23)20-21-18-19-12(4)17(27-18)22(25)26/h23-24H,5-9H2,1-4H3/b21-20+. The van der Waals surface area contributed by atoms with Crippen LogP contribution < -0.4 is 0 Å². The molecule has 1 aromatic carbocycles. The molecule has 0 aliphatic heterocycles. The van der Waals surface area contributed by atoms with Gasteiger partial charge in [-0.1, -0.05) is 26.2 Å². The van der Waals surface area contributed by atoms with Crippen molar-refractivity contribution in [3.05, 3.63) is 32.5 Å². The predicted molar refractivity (Wildman–Crippen MR) is 105 cm³/mol. The molecule has 2 aromatic rings. The van der Waals surface area contributed by atoms with Gasteiger partial charge < -0.3 is 10.2 Å². The summed E-state index contributed by atoms with van der Waals surface area (Å²) in [6, 6.07) is 0. The summed E-state index contributed by atoms with van der Waals surface area (Å²) in [6.45, 7) is 7.07. The molecule has 0 spiro atoms. The van der Waals surface area contributed by atoms with Crippen molar-refractivity contribution in [3.8, 4) is 11.5 Å². The number of phenolic OH excluding ortho intramolecular Hbond substituents is 2. The zero-order valence-corrected chi connectivity index (χ0v) is 16.8. The predicted octanol–water partition coefficient (Wildman–Crippen LogP) is 5.93. The maximum atomic E-state index is 10.9. The van der Waals surface area contributed by atoms with E-state index in [1.807, 2.05) is 0 Å². The SMILES string of the molecule is CCCCCCc1c(C)c(/N=N/c2nc(C)c([N+](=O)[O-])s2)c(O)c(C)c1O. The van der Waals surface area contributed by atoms with E-state index >= 15 is 0 Å². The number of rotatable bonds is 8. The molecule has 0 bridgehead atoms. The fourth-order valence-corrected chi connectivity index (χ4v) is 3.56. The van der Waals surface area contributed by atoms with Gasteiger partial charge in [0.25, 0.3) is 0 Å². The average molecular weight is 392 g/mol. The van der Waals surface area contributed by atoms with Crippen LogP contribution in [0.4, 0.5) is 15.8 Å². The van der Waals surface area contributed by atoms with Crippen molar-refractivity contribution in [1.82, 2.24) is 4.98 Å². The molecule has 1 aromatic heterocycles. The van der Waals surface area contributed by atoms with Gasteiger partial charge in [-0.05, 0) is 56.1 Å². The van der Waals surface area contributed by atoms with Gasteiger partial charge in [-0.2, -0.15) is 0 Å². The number of aryl methyl sites for hydroxylation is 1. The highest BCUT2D eigenvalue weighted by Gasteiger charge is 2.20. The molecule has 146 valence electrons. The van der Waals surface area contributed by atoms with Crippen molar-refractivity contribution in [2.75, 3.05) is 0 Å². The van der Waals surface area contributed by atoms with Crippen LogP contribution in [-0.4, -0.2) is 20.1 Å². The third kappa shape index (κ3) is 4.60. The molecular formula is C18H24N4O4S. The number of benzene rings is 1. The van der Waals surface area contributed by atoms with Gasteiger partial charge in [-0.3, -0.25) is 10.1 Å². The summed E-state index contributed by atoms with van der Waals surface area (Å²) < 4.78 is 0. The van der Waals surface area contributed by atoms with Crippen molar-refractivity contribution in [2.45, 2.75) is 59.8 Å². The molecule has 1 heterocycles. The number of unbranched alkanes of at least 4 members (excludes halogenated alkanes) is 3. The molecule has 0 atom stereocenters. The molecule has 2 rings (SSSR count). The zero-order valence-electron chi connectivity index (χ0n) is 15.9. The van der Waals surface area contributed by atoms with Gasteiger partial charge in [0.15, 0.2) is 0 Å². The largest absolute Gasteiger partial charge is 0.507 e. The van der Waals surface area contributed by atoms with Gasteiger partial charge in [-0.15, -0.1) is 10.2 Å². The number of phenols is 2. The third-order valence-electron chi connectivity index (χ3n) is 4.47. The summed E-state index contributed by atoms with van der Waals surface area (Å²) in [6.07, 6.45) is 4.93. The van der Waals surface area contributed by atoms with Crippen molar-refractivity contribution >= 4 is 27.2 Å². The van der Waals surface area contributed by atoms with Gasteiger partial charge in [0.05, 0.1) is 4.92 Å². The molecule has 0 aliphatic rings. The van der Waals surface area contributed by atoms with Gasteiger partial charge in [-0.25, -0.2) is 4.98 Å². The first-order chi connectivity index (χ1) is 12.8. The number of aromatic nitrogens is 1. The Labute approximate surface area is 161 Å². The van der Waals surface area contributed by atoms with Crippen molar-refractivity contribution in [2.24, 2.45) is 10.2 Å². The first-order valence-electron chi connectivity index (χ1n) is 8.85. The Morgan fingerprint density at radius 3 is 2.37 bits per heavy atom. The first kappa shape index (κ1) is 20.8. The van der Waals surface area contributed by atoms with Gasteiger partial charge in [0.2, 0.25) is 5.13 Å². The first-order valence-corrected chi connectivity index (χ1v) is 9.67. The van der Waals surface area contributed by atoms with Gasteiger partial charge >= 0.3 is 5.00 Å². The average Bonchev–Trinajstić information content (AvgIpc) is 3.00. The van der Waals surface area contributed by atoms with E-state index in [0.29, 0.717) is 17.5 Å². The number of azo groups is 1. The van der Waals surface area contributed by atoms with E-state index in [2.05, 4.69) is 22.1 Å². The lowest BCUT2D eigenvalue weighted by atomic mass is 9.96. The molecule has 2 N–H and O–H groups in total. The van der Waals surface area contributed by atoms with Gasteiger partial charge in [0, 0.05) is 5.56 Å². The van der Waals surface area contributed by atoms with Gasteiger partial charge in [0.1, 0.15) is 22.9 Å². The zero-order chi connectivity index (χ0) is 20.1. The quantitative estimate of drug-likeness (QED) is 0.250. The fourth-order valence-electron chi connectivity index (χ4n) is 2.85. The molecule has 0 fully saturated rings. The molecule has 27 heavy (non-hydrogen) atoms. The number of hydrogen-bond donors (Lipinski definition) is 2. The summed E-state index contributed by atoms with van der Waals surface area (Å²) in [5, 5.41) is 39.8. The molecule has 0 unspecified atom stereocenters. The van der Waals surface area contributed by atoms with Crippen molar-refractivity contribution < 1.29 is 15.1 Å². The van der Waals surface area contributed by atoms with Crippen LogP contribution in [-0.2, 0) is 6.42 Å². The minimum atomic E-state index is -0.506. The van der Waals surface area contributed by atoms with Crippen LogP contribution in [0.5, 0.6) is 11.5 Å². The van der Waals surface area contributed by atoms with E-state index in [1.54, 1.807) is 13.8 Å². The summed E-state index contributed by atoms with van der Waals surface area (Å²) in [5.41, 5.74) is 2.28. The van der Waals surface area contributed by atoms with Crippen LogP contribution in [0.2, 0.25) is 0 Å². The highest BCUT2D eigenvalue weighted by Crippen LogP contribution is 2.44. The highest BCUT2D eigenvalue weighted by molar-refractivity contribution is 7.18. The number of hydrogen-bond acceptors (Lipinski definition) is 8. The van der Waals surface area contributed by atoms with Crippen LogP contribution >= 0.6 is 11.3 Å². The van der Waals surface area contributed by atoms with Crippen LogP contribution in [0.15, 0.2) is 10.2 Å². The minimum absolute atomic E-state index is 0.0802. The Balaban J connectivity index is 2.36. The monoisotopic (exact) mass is 392 g/mol. The minimum Gasteiger partial charge on any atom is -0.507 e. The van der Waals surface area contributed by atoms with Crippen LogP contribution in [0.3, 0.4) is 0 Å². The Morgan fingerprint density at radius 2 is 1.78 bits per heavy atom. The lowest BCUT2D eigenvalue weighted by Gasteiger charge is -2.15. The summed E-state index contributed by atoms with van der Waals surface area (Å²) in [4.78, 5) is 14.4. The molecule has 0 amide bonds. The molecule has 8 nitrogen and oxygen atoms in total. The lowest BCUT2D eigenvalue weighted by molar-refractivity contribution is -0.380. The molecular weight excluding hydrogens is 368 g/mol. The van der Waals surface area contributed by atoms with E-state index in [-0.39, 0.29) is 33.0 Å². The summed E-state index contributed by atoms with van der Waals surface area (Å²) in [7, 11) is 0. The maximum absolute atomic E-state index is 10.9. The topological polar surface area (TPSA) is 121 Å². The van der Waals surface area contributed by atoms with Crippen LogP contribution in [0, 0.1) is 30.9 Å². The Morgan fingerprint density at radius 1 is 1.07 bits per heavy atom. The van der Waals surface area contributed by atoms with Crippen molar-refractivity contribution in [3.63, 3.8) is 0 Å². The van der Waals surface area contributed by atoms with Crippen LogP contribution in [0.25, 0.3) is 0 Å². The number of nitro groups is 1. The second-order valence-corrected chi connectivity index (χ2v) is 7.39. The molecule has 0 saturated carbocycles. The fraction of sp³-hybridized carbons (Fsp3) is 0.500. The normalized spacial score (nSPS) is 11.4. The van der Waals surface area contributed by atoms with E-state index in [9.17, 15) is 20.3 Å². The molecule has 0 aliphatic carbocycles. The third-order valence-corrected chi connectivity index (χ3v) is 5.46. The molecule has 0 radical (unpaired) electrons. The maximum Gasteiger partial charge on any atom is 0.348 e. The lowest BCUT2D eigenvalue weighted by Crippen LogP contribution is -1.95. The second kappa shape index (κ2) is 8.90. The van der Waals surface area contributed by atoms with E-state index in [1.165, 1.54) is 6.92 Å². The van der Waals surface area contributed by atoms with Crippen LogP contribution in [0.1, 0.15) is 55.0 Å².